The summed E-state index contributed by atoms with van der Waals surface area (Å²) in [6.07, 6.45) is 5.67. The van der Waals surface area contributed by atoms with E-state index in [9.17, 15) is 4.79 Å². The largest absolute Gasteiger partial charge is 0.352 e. The molecule has 18 heavy (non-hydrogen) atoms. The zero-order valence-corrected chi connectivity index (χ0v) is 9.89. The van der Waals surface area contributed by atoms with Gasteiger partial charge in [-0.25, -0.2) is 4.98 Å². The number of carbonyl (C=O) groups excluding carboxylic acids is 1. The number of hydrogen-bond donors (Lipinski definition) is 3. The molecule has 0 radical (unpaired) electrons. The Bertz CT molecular complexity index is 509. The second-order valence-corrected chi connectivity index (χ2v) is 3.82. The molecule has 0 aliphatic carbocycles. The van der Waals surface area contributed by atoms with Crippen LogP contribution in [0, 0.1) is 0 Å². The molecule has 0 saturated carbocycles. The Morgan fingerprint density at radius 1 is 1.50 bits per heavy atom. The third-order valence-electron chi connectivity index (χ3n) is 2.52. The maximum Gasteiger partial charge on any atom is 0.251 e. The van der Waals surface area contributed by atoms with Crippen molar-refractivity contribution >= 4 is 5.91 Å². The van der Waals surface area contributed by atoms with Gasteiger partial charge in [-0.2, -0.15) is 0 Å². The Balaban J connectivity index is 1.87. The van der Waals surface area contributed by atoms with Gasteiger partial charge in [0.25, 0.3) is 5.91 Å². The third kappa shape index (κ3) is 3.14. The fraction of sp³-hybridized carbons (Fsp3) is 0.250. The van der Waals surface area contributed by atoms with Crippen molar-refractivity contribution in [2.45, 2.75) is 13.0 Å². The number of amides is 1. The van der Waals surface area contributed by atoms with Crippen LogP contribution in [0.5, 0.6) is 0 Å². The van der Waals surface area contributed by atoms with Gasteiger partial charge in [0.1, 0.15) is 0 Å². The number of rotatable bonds is 5. The summed E-state index contributed by atoms with van der Waals surface area (Å²) in [6.45, 7) is 0.885. The minimum Gasteiger partial charge on any atom is -0.352 e. The number of aromatic amines is 1. The van der Waals surface area contributed by atoms with Gasteiger partial charge in [0.15, 0.2) is 0 Å². The van der Waals surface area contributed by atoms with E-state index in [-0.39, 0.29) is 5.91 Å². The number of imidazole rings is 1. The lowest BCUT2D eigenvalue weighted by Crippen LogP contribution is -2.26. The Morgan fingerprint density at radius 2 is 2.39 bits per heavy atom. The summed E-state index contributed by atoms with van der Waals surface area (Å²) in [5.41, 5.74) is 7.75. The number of aromatic nitrogens is 3. The summed E-state index contributed by atoms with van der Waals surface area (Å²) in [6, 6.07) is 3.37. The second kappa shape index (κ2) is 5.92. The van der Waals surface area contributed by atoms with Crippen molar-refractivity contribution in [3.63, 3.8) is 0 Å². The summed E-state index contributed by atoms with van der Waals surface area (Å²) in [5, 5.41) is 2.83. The molecule has 1 amide bonds. The fourth-order valence-corrected chi connectivity index (χ4v) is 1.57. The van der Waals surface area contributed by atoms with Crippen LogP contribution in [0.1, 0.15) is 21.7 Å². The minimum absolute atomic E-state index is 0.119. The van der Waals surface area contributed by atoms with Gasteiger partial charge < -0.3 is 16.0 Å². The Morgan fingerprint density at radius 3 is 3.11 bits per heavy atom. The zero-order valence-electron chi connectivity index (χ0n) is 9.89. The summed E-state index contributed by atoms with van der Waals surface area (Å²) in [4.78, 5) is 22.8. The number of nitrogens with one attached hydrogen (secondary N) is 2. The zero-order chi connectivity index (χ0) is 12.8. The number of nitrogens with zero attached hydrogens (tertiary/aromatic N) is 2. The smallest absolute Gasteiger partial charge is 0.251 e. The molecule has 0 unspecified atom stereocenters. The van der Waals surface area contributed by atoms with Crippen LogP contribution in [-0.4, -0.2) is 27.4 Å². The van der Waals surface area contributed by atoms with Gasteiger partial charge in [0.05, 0.1) is 12.0 Å². The highest BCUT2D eigenvalue weighted by Crippen LogP contribution is 2.01. The van der Waals surface area contributed by atoms with E-state index < -0.39 is 0 Å². The van der Waals surface area contributed by atoms with Crippen LogP contribution in [0.3, 0.4) is 0 Å². The predicted octanol–water partition coefficient (Wildman–Crippen LogP) is 0.236. The highest BCUT2D eigenvalue weighted by Gasteiger charge is 2.05. The highest BCUT2D eigenvalue weighted by atomic mass is 16.1. The topological polar surface area (TPSA) is 96.7 Å². The molecule has 4 N–H and O–H groups in total. The van der Waals surface area contributed by atoms with Gasteiger partial charge in [-0.3, -0.25) is 9.78 Å². The van der Waals surface area contributed by atoms with E-state index in [0.717, 1.165) is 12.1 Å². The Hall–Kier alpha value is -2.21. The number of pyridine rings is 1. The van der Waals surface area contributed by atoms with Crippen molar-refractivity contribution in [2.24, 2.45) is 5.73 Å². The molecular formula is C12H15N5O. The van der Waals surface area contributed by atoms with E-state index in [2.05, 4.69) is 20.3 Å². The molecule has 0 saturated heterocycles. The van der Waals surface area contributed by atoms with Crippen LogP contribution >= 0.6 is 0 Å². The van der Waals surface area contributed by atoms with Gasteiger partial charge >= 0.3 is 0 Å². The van der Waals surface area contributed by atoms with E-state index in [4.69, 9.17) is 5.73 Å². The van der Waals surface area contributed by atoms with E-state index in [1.807, 2.05) is 0 Å². The molecule has 0 fully saturated rings. The summed E-state index contributed by atoms with van der Waals surface area (Å²) in [5.74, 6) is -0.119. The number of carbonyl (C=O) groups is 1. The first-order valence-electron chi connectivity index (χ1n) is 5.70. The van der Waals surface area contributed by atoms with Crippen molar-refractivity contribution in [1.29, 1.82) is 0 Å². The van der Waals surface area contributed by atoms with Crippen molar-refractivity contribution in [1.82, 2.24) is 20.3 Å². The average molecular weight is 245 g/mol. The maximum atomic E-state index is 11.8. The lowest BCUT2D eigenvalue weighted by atomic mass is 10.2. The fourth-order valence-electron chi connectivity index (χ4n) is 1.57. The predicted molar refractivity (Wildman–Crippen MR) is 66.8 cm³/mol. The van der Waals surface area contributed by atoms with E-state index in [0.29, 0.717) is 24.3 Å². The average Bonchev–Trinajstić information content (AvgIpc) is 2.92. The molecule has 0 spiro atoms. The number of hydrogen-bond acceptors (Lipinski definition) is 4. The van der Waals surface area contributed by atoms with E-state index in [1.54, 1.807) is 30.9 Å². The first-order chi connectivity index (χ1) is 8.79. The lowest BCUT2D eigenvalue weighted by molar-refractivity contribution is 0.0954. The SMILES string of the molecule is NCc1cc(C(=O)NCCc2cnc[nH]2)ccn1. The summed E-state index contributed by atoms with van der Waals surface area (Å²) >= 11 is 0. The molecule has 94 valence electrons. The van der Waals surface area contributed by atoms with Crippen molar-refractivity contribution in [3.8, 4) is 0 Å². The molecule has 0 aliphatic heterocycles. The molecule has 2 aromatic heterocycles. The van der Waals surface area contributed by atoms with Crippen molar-refractivity contribution < 1.29 is 4.79 Å². The molecule has 2 rings (SSSR count). The maximum absolute atomic E-state index is 11.8. The number of nitrogens with two attached hydrogens (primary N) is 1. The van der Waals surface area contributed by atoms with Crippen LogP contribution in [0.2, 0.25) is 0 Å². The molecular weight excluding hydrogens is 230 g/mol. The lowest BCUT2D eigenvalue weighted by Gasteiger charge is -2.05. The molecule has 2 heterocycles. The van der Waals surface area contributed by atoms with Gasteiger partial charge in [-0.05, 0) is 12.1 Å². The van der Waals surface area contributed by atoms with Crippen LogP contribution < -0.4 is 11.1 Å². The molecule has 0 bridgehead atoms. The summed E-state index contributed by atoms with van der Waals surface area (Å²) < 4.78 is 0. The molecule has 6 nitrogen and oxygen atoms in total. The van der Waals surface area contributed by atoms with E-state index in [1.165, 1.54) is 0 Å². The third-order valence-corrected chi connectivity index (χ3v) is 2.52. The first-order valence-corrected chi connectivity index (χ1v) is 5.70. The number of H-pyrrole nitrogens is 1. The van der Waals surface area contributed by atoms with Crippen molar-refractivity contribution in [3.05, 3.63) is 47.8 Å². The van der Waals surface area contributed by atoms with Crippen LogP contribution in [-0.2, 0) is 13.0 Å². The van der Waals surface area contributed by atoms with Gasteiger partial charge in [-0.15, -0.1) is 0 Å². The van der Waals surface area contributed by atoms with E-state index >= 15 is 0 Å². The minimum atomic E-state index is -0.119. The molecule has 2 aromatic rings. The van der Waals surface area contributed by atoms with Crippen molar-refractivity contribution in [2.75, 3.05) is 6.54 Å². The molecule has 6 heteroatoms. The van der Waals surface area contributed by atoms with Crippen LogP contribution in [0.15, 0.2) is 30.9 Å². The first kappa shape index (κ1) is 12.3. The monoisotopic (exact) mass is 245 g/mol. The molecule has 0 atom stereocenters. The highest BCUT2D eigenvalue weighted by molar-refractivity contribution is 5.94. The molecule has 0 aromatic carbocycles. The standard InChI is InChI=1S/C12H15N5O/c13-6-11-5-9(1-3-15-11)12(18)16-4-2-10-7-14-8-17-10/h1,3,5,7-8H,2,4,6,13H2,(H,14,17)(H,16,18). The van der Waals surface area contributed by atoms with Gasteiger partial charge in [0, 0.05) is 43.2 Å². The summed E-state index contributed by atoms with van der Waals surface area (Å²) in [7, 11) is 0. The Kier molecular flexibility index (Phi) is 4.03. The van der Waals surface area contributed by atoms with Gasteiger partial charge in [-0.1, -0.05) is 0 Å². The quantitative estimate of drug-likeness (QED) is 0.702. The molecule has 0 aliphatic rings. The van der Waals surface area contributed by atoms with Gasteiger partial charge in [0.2, 0.25) is 0 Å². The van der Waals surface area contributed by atoms with Crippen LogP contribution in [0.4, 0.5) is 0 Å². The van der Waals surface area contributed by atoms with Crippen LogP contribution in [0.25, 0.3) is 0 Å². The second-order valence-electron chi connectivity index (χ2n) is 3.82. The normalized spacial score (nSPS) is 10.3. The Labute approximate surface area is 105 Å².